The van der Waals surface area contributed by atoms with Gasteiger partial charge in [-0.05, 0) is 77.2 Å². The molecule has 0 saturated carbocycles. The Balaban J connectivity index is 1.49. The van der Waals surface area contributed by atoms with Crippen molar-refractivity contribution in [2.45, 2.75) is 6.42 Å². The number of benzene rings is 4. The smallest absolute Gasteiger partial charge is 0.166 e. The molecule has 5 aromatic heterocycles. The third kappa shape index (κ3) is 2.63. The molecule has 1 aliphatic carbocycles. The highest BCUT2D eigenvalue weighted by Gasteiger charge is 2.26. The fourth-order valence-electron chi connectivity index (χ4n) is 7.20. The Morgan fingerprint density at radius 1 is 0.561 bits per heavy atom. The Morgan fingerprint density at radius 3 is 2.27 bits per heavy atom. The highest BCUT2D eigenvalue weighted by atomic mass is 15.1. The average molecular weight is 524 g/mol. The second-order valence-electron chi connectivity index (χ2n) is 10.9. The van der Waals surface area contributed by atoms with Crippen LogP contribution >= 0.6 is 0 Å². The van der Waals surface area contributed by atoms with E-state index in [-0.39, 0.29) is 0 Å². The van der Waals surface area contributed by atoms with E-state index in [2.05, 4.69) is 93.9 Å². The Bertz CT molecular complexity index is 2550. The maximum Gasteiger partial charge on any atom is 0.166 e. The van der Waals surface area contributed by atoms with Crippen molar-refractivity contribution in [1.82, 2.24) is 23.9 Å². The number of nitrogens with zero attached hydrogens (tertiary/aromatic N) is 5. The highest BCUT2D eigenvalue weighted by Crippen LogP contribution is 2.47. The molecule has 0 spiro atoms. The van der Waals surface area contributed by atoms with Crippen molar-refractivity contribution in [3.63, 3.8) is 0 Å². The van der Waals surface area contributed by atoms with Crippen LogP contribution in [0.3, 0.4) is 0 Å². The lowest BCUT2D eigenvalue weighted by Gasteiger charge is -2.13. The fraction of sp³-hybridized carbons (Fsp3) is 0.0278. The SMILES string of the molecule is c1ccc(-n2c3ccc4c(c3c3ccc5c(c6cccnc6n6c7ncccc7nc56)c32)Cc2ccccc2-4)cc1. The summed E-state index contributed by atoms with van der Waals surface area (Å²) < 4.78 is 4.56. The third-order valence-corrected chi connectivity index (χ3v) is 8.82. The molecule has 190 valence electrons. The van der Waals surface area contributed by atoms with Crippen LogP contribution < -0.4 is 0 Å². The van der Waals surface area contributed by atoms with Crippen LogP contribution in [0.5, 0.6) is 0 Å². The van der Waals surface area contributed by atoms with E-state index < -0.39 is 0 Å². The van der Waals surface area contributed by atoms with Crippen LogP contribution in [-0.2, 0) is 6.42 Å². The monoisotopic (exact) mass is 523 g/mol. The van der Waals surface area contributed by atoms with Crippen molar-refractivity contribution in [3.8, 4) is 16.8 Å². The largest absolute Gasteiger partial charge is 0.309 e. The lowest BCUT2D eigenvalue weighted by atomic mass is 9.99. The van der Waals surface area contributed by atoms with Crippen molar-refractivity contribution in [2.24, 2.45) is 0 Å². The number of para-hydroxylation sites is 1. The van der Waals surface area contributed by atoms with Gasteiger partial charge >= 0.3 is 0 Å². The van der Waals surface area contributed by atoms with E-state index in [1.54, 1.807) is 0 Å². The van der Waals surface area contributed by atoms with Crippen molar-refractivity contribution in [3.05, 3.63) is 127 Å². The van der Waals surface area contributed by atoms with Gasteiger partial charge in [-0.3, -0.25) is 4.40 Å². The third-order valence-electron chi connectivity index (χ3n) is 8.82. The molecule has 0 aliphatic heterocycles. The molecule has 0 saturated heterocycles. The summed E-state index contributed by atoms with van der Waals surface area (Å²) >= 11 is 0. The van der Waals surface area contributed by atoms with Gasteiger partial charge in [0, 0.05) is 45.0 Å². The van der Waals surface area contributed by atoms with E-state index in [1.807, 2.05) is 30.6 Å². The topological polar surface area (TPSA) is 48.0 Å². The molecule has 5 nitrogen and oxygen atoms in total. The summed E-state index contributed by atoms with van der Waals surface area (Å²) in [7, 11) is 0. The van der Waals surface area contributed by atoms with Crippen LogP contribution in [0.25, 0.3) is 77.2 Å². The first-order chi connectivity index (χ1) is 20.4. The molecule has 0 fully saturated rings. The molecular formula is C36H21N5. The summed E-state index contributed by atoms with van der Waals surface area (Å²) in [6.07, 6.45) is 4.62. The number of hydrogen-bond donors (Lipinski definition) is 0. The van der Waals surface area contributed by atoms with E-state index >= 15 is 0 Å². The first kappa shape index (κ1) is 21.3. The summed E-state index contributed by atoms with van der Waals surface area (Å²) in [4.78, 5) is 14.7. The van der Waals surface area contributed by atoms with Crippen LogP contribution in [-0.4, -0.2) is 23.9 Å². The number of aromatic nitrogens is 5. The zero-order valence-corrected chi connectivity index (χ0v) is 21.9. The molecule has 41 heavy (non-hydrogen) atoms. The normalized spacial score (nSPS) is 12.8. The molecule has 0 radical (unpaired) electrons. The highest BCUT2D eigenvalue weighted by molar-refractivity contribution is 6.28. The number of hydrogen-bond acceptors (Lipinski definition) is 3. The molecule has 10 rings (SSSR count). The minimum absolute atomic E-state index is 0.826. The van der Waals surface area contributed by atoms with Crippen molar-refractivity contribution < 1.29 is 0 Å². The zero-order valence-electron chi connectivity index (χ0n) is 21.9. The van der Waals surface area contributed by atoms with Gasteiger partial charge in [0.1, 0.15) is 16.8 Å². The Morgan fingerprint density at radius 2 is 1.34 bits per heavy atom. The van der Waals surface area contributed by atoms with Gasteiger partial charge in [-0.25, -0.2) is 15.0 Å². The maximum absolute atomic E-state index is 5.09. The summed E-state index contributed by atoms with van der Waals surface area (Å²) in [5, 5.41) is 5.93. The minimum Gasteiger partial charge on any atom is -0.309 e. The molecule has 0 amide bonds. The number of pyridine rings is 3. The molecule has 4 aromatic carbocycles. The summed E-state index contributed by atoms with van der Waals surface area (Å²) in [6.45, 7) is 0. The van der Waals surface area contributed by atoms with Gasteiger partial charge in [-0.15, -0.1) is 0 Å². The molecule has 5 heteroatoms. The molecule has 1 aliphatic rings. The first-order valence-corrected chi connectivity index (χ1v) is 13.9. The summed E-state index contributed by atoms with van der Waals surface area (Å²) in [6, 6.07) is 36.9. The fourth-order valence-corrected chi connectivity index (χ4v) is 7.20. The van der Waals surface area contributed by atoms with Gasteiger partial charge in [0.2, 0.25) is 0 Å². The second-order valence-corrected chi connectivity index (χ2v) is 10.9. The van der Waals surface area contributed by atoms with Gasteiger partial charge in [-0.2, -0.15) is 0 Å². The minimum atomic E-state index is 0.826. The lowest BCUT2D eigenvalue weighted by molar-refractivity contribution is 1.18. The number of imidazole rings is 1. The predicted molar refractivity (Wildman–Crippen MR) is 166 cm³/mol. The van der Waals surface area contributed by atoms with Crippen LogP contribution in [0.15, 0.2) is 116 Å². The number of rotatable bonds is 1. The number of fused-ring (bicyclic) bond motifs is 16. The van der Waals surface area contributed by atoms with E-state index in [0.29, 0.717) is 0 Å². The van der Waals surface area contributed by atoms with E-state index in [9.17, 15) is 0 Å². The molecule has 9 aromatic rings. The molecule has 0 bridgehead atoms. The van der Waals surface area contributed by atoms with Crippen LogP contribution in [0, 0.1) is 0 Å². The molecule has 0 atom stereocenters. The Labute approximate surface area is 234 Å². The van der Waals surface area contributed by atoms with Crippen LogP contribution in [0.4, 0.5) is 0 Å². The van der Waals surface area contributed by atoms with Crippen molar-refractivity contribution >= 4 is 60.4 Å². The lowest BCUT2D eigenvalue weighted by Crippen LogP contribution is -1.98. The van der Waals surface area contributed by atoms with Crippen LogP contribution in [0.2, 0.25) is 0 Å². The van der Waals surface area contributed by atoms with E-state index in [4.69, 9.17) is 15.0 Å². The van der Waals surface area contributed by atoms with Gasteiger partial charge in [0.05, 0.1) is 11.0 Å². The Hall–Kier alpha value is -5.55. The van der Waals surface area contributed by atoms with Gasteiger partial charge in [-0.1, -0.05) is 54.6 Å². The summed E-state index contributed by atoms with van der Waals surface area (Å²) in [5.74, 6) is 0. The zero-order chi connectivity index (χ0) is 26.7. The molecular weight excluding hydrogens is 502 g/mol. The van der Waals surface area contributed by atoms with Crippen molar-refractivity contribution in [1.29, 1.82) is 0 Å². The van der Waals surface area contributed by atoms with Gasteiger partial charge in [0.25, 0.3) is 0 Å². The van der Waals surface area contributed by atoms with Gasteiger partial charge in [0.15, 0.2) is 5.65 Å². The van der Waals surface area contributed by atoms with Crippen molar-refractivity contribution in [2.75, 3.05) is 0 Å². The molecule has 5 heterocycles. The molecule has 0 N–H and O–H groups in total. The second kappa shape index (κ2) is 7.55. The maximum atomic E-state index is 5.09. The molecule has 0 unspecified atom stereocenters. The van der Waals surface area contributed by atoms with E-state index in [0.717, 1.165) is 50.7 Å². The predicted octanol–water partition coefficient (Wildman–Crippen LogP) is 8.25. The quantitative estimate of drug-likeness (QED) is 0.204. The average Bonchev–Trinajstić information content (AvgIpc) is 3.71. The summed E-state index contributed by atoms with van der Waals surface area (Å²) in [5.41, 5.74) is 12.5. The standard InChI is InChI=1S/C36H21N5/c1-2-9-22(10-3-1)40-30-17-16-24-23-11-5-4-8-21(23)20-28(24)31(30)25-14-15-27-32(33(25)40)26-12-6-18-37-34(26)41-35(27)39-29-13-7-19-38-36(29)41/h1-19H,20H2. The Kier molecular flexibility index (Phi) is 3.92. The van der Waals surface area contributed by atoms with E-state index in [1.165, 1.54) is 44.1 Å². The first-order valence-electron chi connectivity index (χ1n) is 13.9. The van der Waals surface area contributed by atoms with Crippen LogP contribution in [0.1, 0.15) is 11.1 Å². The van der Waals surface area contributed by atoms with Gasteiger partial charge < -0.3 is 4.57 Å².